The maximum atomic E-state index is 4.86. The number of nitrogens with one attached hydrogen (secondary N) is 1. The Morgan fingerprint density at radius 2 is 1.85 bits per heavy atom. The van der Waals surface area contributed by atoms with Crippen molar-refractivity contribution in [2.75, 3.05) is 12.4 Å². The summed E-state index contributed by atoms with van der Waals surface area (Å²) in [5.41, 5.74) is 3.71. The molecule has 0 atom stereocenters. The molecule has 2 aromatic rings. The van der Waals surface area contributed by atoms with E-state index in [-0.39, 0.29) is 5.41 Å². The monoisotopic (exact) mass is 267 g/mol. The van der Waals surface area contributed by atoms with Gasteiger partial charge in [0.05, 0.1) is 5.41 Å². The topological polar surface area (TPSA) is 37.8 Å². The predicted molar refractivity (Wildman–Crippen MR) is 82.1 cm³/mol. The molecule has 1 fully saturated rings. The number of hydrogen-bond donors (Lipinski definition) is 1. The van der Waals surface area contributed by atoms with Crippen molar-refractivity contribution in [2.45, 2.75) is 38.5 Å². The van der Waals surface area contributed by atoms with E-state index in [0.717, 1.165) is 36.6 Å². The minimum atomic E-state index is 0.0461. The van der Waals surface area contributed by atoms with Crippen LogP contribution in [0.3, 0.4) is 0 Å². The molecule has 0 bridgehead atoms. The normalized spacial score (nSPS) is 15.9. The van der Waals surface area contributed by atoms with Gasteiger partial charge in [0.2, 0.25) is 0 Å². The van der Waals surface area contributed by atoms with Crippen molar-refractivity contribution in [3.63, 3.8) is 0 Å². The van der Waals surface area contributed by atoms with Gasteiger partial charge in [0.15, 0.2) is 0 Å². The number of nitrogens with zero attached hydrogens (tertiary/aromatic N) is 2. The van der Waals surface area contributed by atoms with Gasteiger partial charge in [0, 0.05) is 18.3 Å². The Balaban J connectivity index is 2.11. The first kappa shape index (κ1) is 13.1. The van der Waals surface area contributed by atoms with Crippen LogP contribution >= 0.6 is 0 Å². The summed E-state index contributed by atoms with van der Waals surface area (Å²) in [6.07, 6.45) is 3.24. The van der Waals surface area contributed by atoms with Gasteiger partial charge in [0.25, 0.3) is 0 Å². The Morgan fingerprint density at radius 1 is 1.15 bits per heavy atom. The molecule has 1 aliphatic rings. The molecule has 1 aromatic carbocycles. The third kappa shape index (κ3) is 1.98. The van der Waals surface area contributed by atoms with E-state index in [1.807, 2.05) is 7.05 Å². The highest BCUT2D eigenvalue weighted by atomic mass is 15.0. The summed E-state index contributed by atoms with van der Waals surface area (Å²) in [6, 6.07) is 10.7. The average molecular weight is 267 g/mol. The Kier molecular flexibility index (Phi) is 3.20. The molecule has 0 aliphatic heterocycles. The number of benzene rings is 1. The highest BCUT2D eigenvalue weighted by Gasteiger charge is 2.48. The number of rotatable bonds is 4. The Bertz CT molecular complexity index is 590. The second kappa shape index (κ2) is 4.89. The average Bonchev–Trinajstić information content (AvgIpc) is 3.30. The van der Waals surface area contributed by atoms with E-state index < -0.39 is 0 Å². The first-order valence-corrected chi connectivity index (χ1v) is 7.32. The Hall–Kier alpha value is -1.90. The van der Waals surface area contributed by atoms with Crippen LogP contribution < -0.4 is 5.32 Å². The fraction of sp³-hybridized carbons (Fsp3) is 0.412. The third-order valence-corrected chi connectivity index (χ3v) is 4.32. The molecule has 1 aliphatic carbocycles. The van der Waals surface area contributed by atoms with Crippen LogP contribution in [0.1, 0.15) is 42.4 Å². The fourth-order valence-corrected chi connectivity index (χ4v) is 2.89. The molecule has 3 heteroatoms. The largest absolute Gasteiger partial charge is 0.373 e. The van der Waals surface area contributed by atoms with Crippen LogP contribution in [-0.4, -0.2) is 17.0 Å². The zero-order chi connectivity index (χ0) is 14.2. The summed E-state index contributed by atoms with van der Waals surface area (Å²) in [6.45, 7) is 4.25. The lowest BCUT2D eigenvalue weighted by atomic mass is 9.94. The minimum absolute atomic E-state index is 0.0461. The molecular formula is C17H21N3. The number of anilines is 1. The quantitative estimate of drug-likeness (QED) is 0.921. The molecule has 3 rings (SSSR count). The van der Waals surface area contributed by atoms with E-state index in [1.165, 1.54) is 11.1 Å². The second-order valence-corrected chi connectivity index (χ2v) is 5.52. The lowest BCUT2D eigenvalue weighted by Crippen LogP contribution is -2.17. The summed E-state index contributed by atoms with van der Waals surface area (Å²) in [5.74, 6) is 1.95. The van der Waals surface area contributed by atoms with Crippen molar-refractivity contribution in [3.05, 3.63) is 53.0 Å². The molecule has 1 N–H and O–H groups in total. The van der Waals surface area contributed by atoms with Gasteiger partial charge in [-0.15, -0.1) is 0 Å². The number of hydrogen-bond acceptors (Lipinski definition) is 3. The van der Waals surface area contributed by atoms with Crippen molar-refractivity contribution in [3.8, 4) is 0 Å². The van der Waals surface area contributed by atoms with E-state index in [1.54, 1.807) is 0 Å². The zero-order valence-electron chi connectivity index (χ0n) is 12.4. The van der Waals surface area contributed by atoms with Crippen molar-refractivity contribution in [2.24, 2.45) is 0 Å². The predicted octanol–water partition coefficient (Wildman–Crippen LogP) is 3.47. The molecule has 0 amide bonds. The van der Waals surface area contributed by atoms with Crippen molar-refractivity contribution >= 4 is 5.82 Å². The molecule has 20 heavy (non-hydrogen) atoms. The lowest BCUT2D eigenvalue weighted by Gasteiger charge is -2.18. The molecule has 3 nitrogen and oxygen atoms in total. The Morgan fingerprint density at radius 3 is 2.40 bits per heavy atom. The molecule has 0 radical (unpaired) electrons. The van der Waals surface area contributed by atoms with Crippen LogP contribution in [0.4, 0.5) is 5.82 Å². The fourth-order valence-electron chi connectivity index (χ4n) is 2.89. The van der Waals surface area contributed by atoms with Crippen LogP contribution in [-0.2, 0) is 11.8 Å². The zero-order valence-corrected chi connectivity index (χ0v) is 12.4. The number of aromatic nitrogens is 2. The highest BCUT2D eigenvalue weighted by molar-refractivity contribution is 5.49. The van der Waals surface area contributed by atoms with Crippen LogP contribution in [0.2, 0.25) is 0 Å². The molecule has 1 aromatic heterocycles. The van der Waals surface area contributed by atoms with E-state index in [2.05, 4.69) is 49.5 Å². The van der Waals surface area contributed by atoms with Gasteiger partial charge in [-0.2, -0.15) is 0 Å². The molecule has 0 saturated heterocycles. The van der Waals surface area contributed by atoms with E-state index >= 15 is 0 Å². The first-order valence-electron chi connectivity index (χ1n) is 7.32. The standard InChI is InChI=1S/C17H21N3/c1-4-14-12(2)15(18-3)20-16(19-14)17(10-11-17)13-8-6-5-7-9-13/h5-9H,4,10-11H2,1-3H3,(H,18,19,20). The summed E-state index contributed by atoms with van der Waals surface area (Å²) >= 11 is 0. The van der Waals surface area contributed by atoms with Gasteiger partial charge in [-0.05, 0) is 31.7 Å². The van der Waals surface area contributed by atoms with Crippen LogP contribution in [0, 0.1) is 6.92 Å². The second-order valence-electron chi connectivity index (χ2n) is 5.52. The molecule has 0 spiro atoms. The van der Waals surface area contributed by atoms with Crippen LogP contribution in [0.5, 0.6) is 0 Å². The van der Waals surface area contributed by atoms with Crippen molar-refractivity contribution in [1.82, 2.24) is 9.97 Å². The smallest absolute Gasteiger partial charge is 0.141 e. The lowest BCUT2D eigenvalue weighted by molar-refractivity contribution is 0.738. The molecule has 1 saturated carbocycles. The summed E-state index contributed by atoms with van der Waals surface area (Å²) in [4.78, 5) is 9.65. The molecular weight excluding hydrogens is 246 g/mol. The van der Waals surface area contributed by atoms with Gasteiger partial charge in [-0.1, -0.05) is 37.3 Å². The van der Waals surface area contributed by atoms with Crippen LogP contribution in [0.25, 0.3) is 0 Å². The van der Waals surface area contributed by atoms with Crippen molar-refractivity contribution < 1.29 is 0 Å². The van der Waals surface area contributed by atoms with E-state index in [0.29, 0.717) is 0 Å². The number of aryl methyl sites for hydroxylation is 1. The van der Waals surface area contributed by atoms with Gasteiger partial charge in [0.1, 0.15) is 11.6 Å². The maximum Gasteiger partial charge on any atom is 0.141 e. The van der Waals surface area contributed by atoms with Gasteiger partial charge >= 0.3 is 0 Å². The van der Waals surface area contributed by atoms with Gasteiger partial charge in [-0.25, -0.2) is 9.97 Å². The summed E-state index contributed by atoms with van der Waals surface area (Å²) in [5, 5.41) is 3.21. The maximum absolute atomic E-state index is 4.86. The minimum Gasteiger partial charge on any atom is -0.373 e. The molecule has 1 heterocycles. The van der Waals surface area contributed by atoms with Crippen molar-refractivity contribution in [1.29, 1.82) is 0 Å². The van der Waals surface area contributed by atoms with E-state index in [4.69, 9.17) is 9.97 Å². The summed E-state index contributed by atoms with van der Waals surface area (Å²) in [7, 11) is 1.93. The van der Waals surface area contributed by atoms with E-state index in [9.17, 15) is 0 Å². The first-order chi connectivity index (χ1) is 9.71. The highest BCUT2D eigenvalue weighted by Crippen LogP contribution is 2.52. The van der Waals surface area contributed by atoms with Gasteiger partial charge in [-0.3, -0.25) is 0 Å². The molecule has 104 valence electrons. The summed E-state index contributed by atoms with van der Waals surface area (Å²) < 4.78 is 0. The SMILES string of the molecule is CCc1nc(C2(c3ccccc3)CC2)nc(NC)c1C. The van der Waals surface area contributed by atoms with Gasteiger partial charge < -0.3 is 5.32 Å². The third-order valence-electron chi connectivity index (χ3n) is 4.32. The Labute approximate surface area is 120 Å². The molecule has 0 unspecified atom stereocenters. The van der Waals surface area contributed by atoms with Crippen LogP contribution in [0.15, 0.2) is 30.3 Å².